The van der Waals surface area contributed by atoms with Crippen molar-refractivity contribution in [3.63, 3.8) is 0 Å². The molecule has 0 fully saturated rings. The number of carbonyl (C=O) groups excluding carboxylic acids is 1. The number of ether oxygens (including phenoxy) is 1. The van der Waals surface area contributed by atoms with Gasteiger partial charge in [-0.25, -0.2) is 9.37 Å². The Morgan fingerprint density at radius 1 is 1.06 bits per heavy atom. The molecule has 33 heavy (non-hydrogen) atoms. The minimum Gasteiger partial charge on any atom is -0.493 e. The molecule has 0 unspecified atom stereocenters. The fraction of sp³-hybridized carbons (Fsp3) is 0.259. The van der Waals surface area contributed by atoms with Crippen LogP contribution in [0.15, 0.2) is 66.7 Å². The van der Waals surface area contributed by atoms with Crippen molar-refractivity contribution < 1.29 is 13.9 Å². The van der Waals surface area contributed by atoms with Crippen LogP contribution in [-0.4, -0.2) is 28.6 Å². The van der Waals surface area contributed by atoms with Crippen LogP contribution >= 0.6 is 0 Å². The first-order valence-corrected chi connectivity index (χ1v) is 11.2. The van der Waals surface area contributed by atoms with E-state index >= 15 is 0 Å². The number of nitrogens with one attached hydrogen (secondary N) is 1. The normalized spacial score (nSPS) is 11.0. The van der Waals surface area contributed by atoms with Gasteiger partial charge in [0.1, 0.15) is 17.4 Å². The lowest BCUT2D eigenvalue weighted by molar-refractivity contribution is 0.0954. The van der Waals surface area contributed by atoms with Gasteiger partial charge in [0.2, 0.25) is 0 Å². The molecule has 1 N–H and O–H groups in total. The van der Waals surface area contributed by atoms with Crippen molar-refractivity contribution >= 4 is 16.9 Å². The molecule has 0 bridgehead atoms. The summed E-state index contributed by atoms with van der Waals surface area (Å²) in [5.74, 6) is 1.25. The summed E-state index contributed by atoms with van der Waals surface area (Å²) in [6, 6.07) is 19.8. The van der Waals surface area contributed by atoms with E-state index in [2.05, 4.69) is 41.9 Å². The summed E-state index contributed by atoms with van der Waals surface area (Å²) in [5, 5.41) is 2.90. The van der Waals surface area contributed by atoms with E-state index in [1.165, 1.54) is 29.8 Å². The summed E-state index contributed by atoms with van der Waals surface area (Å²) in [4.78, 5) is 17.1. The number of halogens is 1. The fourth-order valence-corrected chi connectivity index (χ4v) is 3.92. The zero-order valence-corrected chi connectivity index (χ0v) is 19.0. The Morgan fingerprint density at radius 3 is 2.64 bits per heavy atom. The number of rotatable bonds is 9. The first-order chi connectivity index (χ1) is 16.0. The molecule has 0 aliphatic heterocycles. The monoisotopic (exact) mass is 445 g/mol. The number of aryl methyl sites for hydroxylation is 3. The second-order valence-electron chi connectivity index (χ2n) is 8.15. The van der Waals surface area contributed by atoms with Crippen molar-refractivity contribution in [2.24, 2.45) is 0 Å². The molecule has 4 rings (SSSR count). The van der Waals surface area contributed by atoms with Gasteiger partial charge in [-0.1, -0.05) is 29.8 Å². The molecule has 6 heteroatoms. The number of amides is 1. The molecule has 1 aromatic heterocycles. The fourth-order valence-electron chi connectivity index (χ4n) is 3.92. The van der Waals surface area contributed by atoms with Crippen LogP contribution in [0, 0.1) is 19.7 Å². The van der Waals surface area contributed by atoms with E-state index in [1.807, 2.05) is 24.3 Å². The van der Waals surface area contributed by atoms with E-state index in [9.17, 15) is 9.18 Å². The summed E-state index contributed by atoms with van der Waals surface area (Å²) in [5.41, 5.74) is 4.81. The van der Waals surface area contributed by atoms with Crippen LogP contribution in [0.5, 0.6) is 5.75 Å². The van der Waals surface area contributed by atoms with Crippen molar-refractivity contribution in [3.8, 4) is 5.75 Å². The zero-order chi connectivity index (χ0) is 23.2. The zero-order valence-electron chi connectivity index (χ0n) is 19.0. The van der Waals surface area contributed by atoms with Gasteiger partial charge in [0.05, 0.1) is 17.6 Å². The third-order valence-electron chi connectivity index (χ3n) is 5.59. The van der Waals surface area contributed by atoms with Crippen molar-refractivity contribution in [1.29, 1.82) is 0 Å². The Balaban J connectivity index is 1.37. The average Bonchev–Trinajstić information content (AvgIpc) is 3.15. The third kappa shape index (κ3) is 5.58. The van der Waals surface area contributed by atoms with Gasteiger partial charge < -0.3 is 14.6 Å². The van der Waals surface area contributed by atoms with Crippen LogP contribution in [0.1, 0.15) is 33.7 Å². The van der Waals surface area contributed by atoms with Gasteiger partial charge in [0.25, 0.3) is 5.91 Å². The van der Waals surface area contributed by atoms with Crippen LogP contribution in [0.3, 0.4) is 0 Å². The maximum absolute atomic E-state index is 13.1. The molecule has 1 amide bonds. The minimum atomic E-state index is -0.359. The SMILES string of the molecule is Cc1ccc(OCCCn2c(CCNC(=O)c3ccc(F)cc3)nc3ccccc32)c(C)c1. The van der Waals surface area contributed by atoms with Crippen molar-refractivity contribution in [2.75, 3.05) is 13.2 Å². The maximum Gasteiger partial charge on any atom is 0.251 e. The molecule has 0 aliphatic rings. The molecule has 0 radical (unpaired) electrons. The van der Waals surface area contributed by atoms with E-state index in [0.717, 1.165) is 41.1 Å². The Bertz CT molecular complexity index is 1250. The highest BCUT2D eigenvalue weighted by Gasteiger charge is 2.12. The lowest BCUT2D eigenvalue weighted by atomic mass is 10.1. The highest BCUT2D eigenvalue weighted by atomic mass is 19.1. The molecule has 4 aromatic rings. The van der Waals surface area contributed by atoms with Gasteiger partial charge in [-0.15, -0.1) is 0 Å². The predicted molar refractivity (Wildman–Crippen MR) is 128 cm³/mol. The molecule has 0 spiro atoms. The lowest BCUT2D eigenvalue weighted by Crippen LogP contribution is -2.26. The standard InChI is InChI=1S/C27H28FN3O2/c1-19-8-13-25(20(2)18-19)33-17-5-16-31-24-7-4-3-6-23(24)30-26(31)14-15-29-27(32)21-9-11-22(28)12-10-21/h3-4,6-13,18H,5,14-17H2,1-2H3,(H,29,32). The summed E-state index contributed by atoms with van der Waals surface area (Å²) < 4.78 is 21.3. The largest absolute Gasteiger partial charge is 0.493 e. The maximum atomic E-state index is 13.1. The molecule has 0 saturated heterocycles. The molecule has 0 aliphatic carbocycles. The van der Waals surface area contributed by atoms with Crippen LogP contribution in [-0.2, 0) is 13.0 Å². The minimum absolute atomic E-state index is 0.223. The van der Waals surface area contributed by atoms with Gasteiger partial charge in [-0.05, 0) is 68.3 Å². The molecular weight excluding hydrogens is 417 g/mol. The van der Waals surface area contributed by atoms with Gasteiger partial charge >= 0.3 is 0 Å². The Labute approximate surface area is 193 Å². The van der Waals surface area contributed by atoms with E-state index in [-0.39, 0.29) is 11.7 Å². The van der Waals surface area contributed by atoms with Gasteiger partial charge in [-0.2, -0.15) is 0 Å². The second kappa shape index (κ2) is 10.3. The summed E-state index contributed by atoms with van der Waals surface area (Å²) in [6.45, 7) is 5.96. The molecule has 170 valence electrons. The number of aromatic nitrogens is 2. The summed E-state index contributed by atoms with van der Waals surface area (Å²) in [6.07, 6.45) is 1.43. The highest BCUT2D eigenvalue weighted by molar-refractivity contribution is 5.94. The van der Waals surface area contributed by atoms with E-state index in [0.29, 0.717) is 25.1 Å². The highest BCUT2D eigenvalue weighted by Crippen LogP contribution is 2.20. The summed E-state index contributed by atoms with van der Waals surface area (Å²) in [7, 11) is 0. The first kappa shape index (κ1) is 22.5. The smallest absolute Gasteiger partial charge is 0.251 e. The topological polar surface area (TPSA) is 56.1 Å². The van der Waals surface area contributed by atoms with Crippen LogP contribution in [0.4, 0.5) is 4.39 Å². The predicted octanol–water partition coefficient (Wildman–Crippen LogP) is 5.23. The number of fused-ring (bicyclic) bond motifs is 1. The number of carbonyl (C=O) groups is 1. The van der Waals surface area contributed by atoms with E-state index in [1.54, 1.807) is 0 Å². The molecule has 3 aromatic carbocycles. The number of benzene rings is 3. The third-order valence-corrected chi connectivity index (χ3v) is 5.59. The Hall–Kier alpha value is -3.67. The van der Waals surface area contributed by atoms with E-state index in [4.69, 9.17) is 9.72 Å². The molecular formula is C27H28FN3O2. The van der Waals surface area contributed by atoms with Gasteiger partial charge in [-0.3, -0.25) is 4.79 Å². The van der Waals surface area contributed by atoms with Crippen LogP contribution < -0.4 is 10.1 Å². The van der Waals surface area contributed by atoms with Gasteiger partial charge in [0.15, 0.2) is 0 Å². The Kier molecular flexibility index (Phi) is 7.03. The van der Waals surface area contributed by atoms with Crippen LogP contribution in [0.2, 0.25) is 0 Å². The first-order valence-electron chi connectivity index (χ1n) is 11.2. The van der Waals surface area contributed by atoms with Crippen molar-refractivity contribution in [2.45, 2.75) is 33.2 Å². The number of nitrogens with zero attached hydrogens (tertiary/aromatic N) is 2. The lowest BCUT2D eigenvalue weighted by Gasteiger charge is -2.12. The van der Waals surface area contributed by atoms with Crippen molar-refractivity contribution in [3.05, 3.63) is 95.1 Å². The summed E-state index contributed by atoms with van der Waals surface area (Å²) >= 11 is 0. The van der Waals surface area contributed by atoms with Gasteiger partial charge in [0, 0.05) is 25.1 Å². The number of imidazole rings is 1. The quantitative estimate of drug-likeness (QED) is 0.359. The number of para-hydroxylation sites is 2. The molecule has 0 atom stereocenters. The molecule has 0 saturated carbocycles. The number of hydrogen-bond donors (Lipinski definition) is 1. The van der Waals surface area contributed by atoms with E-state index < -0.39 is 0 Å². The van der Waals surface area contributed by atoms with Crippen molar-refractivity contribution in [1.82, 2.24) is 14.9 Å². The Morgan fingerprint density at radius 2 is 1.85 bits per heavy atom. The molecule has 5 nitrogen and oxygen atoms in total. The van der Waals surface area contributed by atoms with Crippen LogP contribution in [0.25, 0.3) is 11.0 Å². The second-order valence-corrected chi connectivity index (χ2v) is 8.15. The number of hydrogen-bond acceptors (Lipinski definition) is 3. The average molecular weight is 446 g/mol. The molecule has 1 heterocycles.